The maximum absolute atomic E-state index is 11.0. The molecule has 2 saturated carbocycles. The quantitative estimate of drug-likeness (QED) is 0.861. The summed E-state index contributed by atoms with van der Waals surface area (Å²) in [6.45, 7) is 0. The first kappa shape index (κ1) is 12.8. The summed E-state index contributed by atoms with van der Waals surface area (Å²) >= 11 is 6.23. The number of benzene rings is 1. The highest BCUT2D eigenvalue weighted by atomic mass is 35.5. The van der Waals surface area contributed by atoms with Crippen LogP contribution in [-0.4, -0.2) is 17.2 Å². The van der Waals surface area contributed by atoms with Gasteiger partial charge in [0, 0.05) is 0 Å². The van der Waals surface area contributed by atoms with Crippen LogP contribution in [-0.2, 0) is 4.79 Å². The molecule has 0 heterocycles. The average Bonchev–Trinajstić information content (AvgIpc) is 3.23. The van der Waals surface area contributed by atoms with E-state index in [1.54, 1.807) is 0 Å². The monoisotopic (exact) mass is 280 g/mol. The summed E-state index contributed by atoms with van der Waals surface area (Å²) < 4.78 is 5.70. The third kappa shape index (κ3) is 3.21. The molecule has 0 aliphatic heterocycles. The number of ether oxygens (including phenoxy) is 1. The van der Waals surface area contributed by atoms with Crippen LogP contribution in [0.25, 0.3) is 0 Å². The molecule has 3 rings (SSSR count). The van der Waals surface area contributed by atoms with Gasteiger partial charge in [0.05, 0.1) is 17.5 Å². The van der Waals surface area contributed by atoms with Gasteiger partial charge in [-0.15, -0.1) is 0 Å². The van der Waals surface area contributed by atoms with Gasteiger partial charge in [-0.25, -0.2) is 0 Å². The lowest BCUT2D eigenvalue weighted by Crippen LogP contribution is -2.08. The average molecular weight is 281 g/mol. The van der Waals surface area contributed by atoms with Gasteiger partial charge < -0.3 is 9.84 Å². The maximum Gasteiger partial charge on any atom is 0.303 e. The van der Waals surface area contributed by atoms with Gasteiger partial charge in [-0.2, -0.15) is 0 Å². The standard InChI is InChI=1S/C15H17ClO3/c16-13-7-10(3-6-14(13)19-11-4-5-11)12(8-15(17)18)9-1-2-9/h3,6-7,9,11-12H,1-2,4-5,8H2,(H,17,18). The molecule has 0 saturated heterocycles. The van der Waals surface area contributed by atoms with E-state index in [9.17, 15) is 4.79 Å². The van der Waals surface area contributed by atoms with Crippen LogP contribution in [0.5, 0.6) is 5.75 Å². The first-order valence-corrected chi connectivity index (χ1v) is 7.19. The Hall–Kier alpha value is -1.22. The summed E-state index contributed by atoms with van der Waals surface area (Å²) in [7, 11) is 0. The zero-order valence-corrected chi connectivity index (χ0v) is 11.4. The summed E-state index contributed by atoms with van der Waals surface area (Å²) in [6, 6.07) is 5.73. The van der Waals surface area contributed by atoms with E-state index in [4.69, 9.17) is 21.4 Å². The van der Waals surface area contributed by atoms with E-state index in [1.807, 2.05) is 18.2 Å². The molecule has 0 amide bonds. The largest absolute Gasteiger partial charge is 0.489 e. The zero-order chi connectivity index (χ0) is 13.4. The highest BCUT2D eigenvalue weighted by molar-refractivity contribution is 6.32. The van der Waals surface area contributed by atoms with Gasteiger partial charge in [0.1, 0.15) is 5.75 Å². The molecule has 0 aromatic heterocycles. The number of carbonyl (C=O) groups is 1. The Balaban J connectivity index is 1.78. The fraction of sp³-hybridized carbons (Fsp3) is 0.533. The Morgan fingerprint density at radius 1 is 1.37 bits per heavy atom. The topological polar surface area (TPSA) is 46.5 Å². The van der Waals surface area contributed by atoms with Crippen LogP contribution < -0.4 is 4.74 Å². The minimum atomic E-state index is -0.744. The second-order valence-electron chi connectivity index (χ2n) is 5.55. The van der Waals surface area contributed by atoms with Crippen LogP contribution in [0.4, 0.5) is 0 Å². The van der Waals surface area contributed by atoms with Gasteiger partial charge >= 0.3 is 5.97 Å². The molecule has 1 unspecified atom stereocenters. The van der Waals surface area contributed by atoms with Crippen LogP contribution >= 0.6 is 11.6 Å². The van der Waals surface area contributed by atoms with Crippen molar-refractivity contribution in [2.24, 2.45) is 5.92 Å². The van der Waals surface area contributed by atoms with Crippen molar-refractivity contribution in [2.45, 2.75) is 44.1 Å². The molecule has 102 valence electrons. The maximum atomic E-state index is 11.0. The fourth-order valence-electron chi connectivity index (χ4n) is 2.45. The molecular weight excluding hydrogens is 264 g/mol. The Morgan fingerprint density at radius 3 is 2.63 bits per heavy atom. The van der Waals surface area contributed by atoms with Gasteiger partial charge in [0.15, 0.2) is 0 Å². The molecule has 19 heavy (non-hydrogen) atoms. The van der Waals surface area contributed by atoms with Crippen LogP contribution in [0.15, 0.2) is 18.2 Å². The summed E-state index contributed by atoms with van der Waals surface area (Å²) in [5, 5.41) is 9.61. The molecule has 0 radical (unpaired) electrons. The van der Waals surface area contributed by atoms with Crippen molar-refractivity contribution in [1.82, 2.24) is 0 Å². The Kier molecular flexibility index (Phi) is 3.40. The van der Waals surface area contributed by atoms with Gasteiger partial charge in [0.2, 0.25) is 0 Å². The molecule has 2 aliphatic rings. The van der Waals surface area contributed by atoms with Gasteiger partial charge in [-0.1, -0.05) is 17.7 Å². The molecule has 1 atom stereocenters. The smallest absolute Gasteiger partial charge is 0.303 e. The van der Waals surface area contributed by atoms with Gasteiger partial charge in [-0.3, -0.25) is 4.79 Å². The minimum absolute atomic E-state index is 0.0879. The summed E-state index contributed by atoms with van der Waals surface area (Å²) in [6.07, 6.45) is 4.95. The van der Waals surface area contributed by atoms with Crippen molar-refractivity contribution >= 4 is 17.6 Å². The number of rotatable bonds is 6. The number of carboxylic acids is 1. The third-order valence-electron chi connectivity index (χ3n) is 3.79. The Morgan fingerprint density at radius 2 is 2.11 bits per heavy atom. The lowest BCUT2D eigenvalue weighted by Gasteiger charge is -2.16. The fourth-order valence-corrected chi connectivity index (χ4v) is 2.69. The molecule has 1 N–H and O–H groups in total. The molecule has 3 nitrogen and oxygen atoms in total. The summed E-state index contributed by atoms with van der Waals surface area (Å²) in [4.78, 5) is 11.0. The van der Waals surface area contributed by atoms with Crippen molar-refractivity contribution in [2.75, 3.05) is 0 Å². The Bertz CT molecular complexity index is 492. The third-order valence-corrected chi connectivity index (χ3v) is 4.08. The van der Waals surface area contributed by atoms with Crippen LogP contribution in [0.1, 0.15) is 43.6 Å². The minimum Gasteiger partial charge on any atom is -0.489 e. The van der Waals surface area contributed by atoms with Crippen LogP contribution in [0.3, 0.4) is 0 Å². The predicted octanol–water partition coefficient (Wildman–Crippen LogP) is 3.85. The van der Waals surface area contributed by atoms with E-state index in [1.165, 1.54) is 0 Å². The van der Waals surface area contributed by atoms with Crippen LogP contribution in [0.2, 0.25) is 5.02 Å². The Labute approximate surface area is 117 Å². The lowest BCUT2D eigenvalue weighted by molar-refractivity contribution is -0.137. The second kappa shape index (κ2) is 5.04. The number of hydrogen-bond donors (Lipinski definition) is 1. The molecule has 2 aliphatic carbocycles. The highest BCUT2D eigenvalue weighted by Gasteiger charge is 2.34. The summed E-state index contributed by atoms with van der Waals surface area (Å²) in [5.41, 5.74) is 1.03. The number of halogens is 1. The molecule has 2 fully saturated rings. The predicted molar refractivity (Wildman–Crippen MR) is 72.8 cm³/mol. The van der Waals surface area contributed by atoms with E-state index < -0.39 is 5.97 Å². The van der Waals surface area contributed by atoms with E-state index in [2.05, 4.69) is 0 Å². The molecule has 0 spiro atoms. The molecular formula is C15H17ClO3. The molecule has 4 heteroatoms. The lowest BCUT2D eigenvalue weighted by atomic mass is 9.91. The zero-order valence-electron chi connectivity index (χ0n) is 10.6. The molecule has 1 aromatic rings. The number of hydrogen-bond acceptors (Lipinski definition) is 2. The van der Waals surface area contributed by atoms with E-state index >= 15 is 0 Å². The van der Waals surface area contributed by atoms with Crippen LogP contribution in [0, 0.1) is 5.92 Å². The van der Waals surface area contributed by atoms with E-state index in [0.29, 0.717) is 17.0 Å². The van der Waals surface area contributed by atoms with Gasteiger partial charge in [0.25, 0.3) is 0 Å². The van der Waals surface area contributed by atoms with Crippen molar-refractivity contribution in [3.8, 4) is 5.75 Å². The van der Waals surface area contributed by atoms with Crippen molar-refractivity contribution in [1.29, 1.82) is 0 Å². The van der Waals surface area contributed by atoms with E-state index in [0.717, 1.165) is 37.0 Å². The van der Waals surface area contributed by atoms with Crippen molar-refractivity contribution < 1.29 is 14.6 Å². The number of aliphatic carboxylic acids is 1. The molecule has 0 bridgehead atoms. The molecule has 1 aromatic carbocycles. The first-order chi connectivity index (χ1) is 9.13. The SMILES string of the molecule is O=C(O)CC(c1ccc(OC2CC2)c(Cl)c1)C1CC1. The van der Waals surface area contributed by atoms with Crippen molar-refractivity contribution in [3.05, 3.63) is 28.8 Å². The summed E-state index contributed by atoms with van der Waals surface area (Å²) in [5.74, 6) is 0.566. The van der Waals surface area contributed by atoms with E-state index in [-0.39, 0.29) is 12.3 Å². The van der Waals surface area contributed by atoms with Crippen molar-refractivity contribution in [3.63, 3.8) is 0 Å². The first-order valence-electron chi connectivity index (χ1n) is 6.81. The van der Waals surface area contributed by atoms with Gasteiger partial charge in [-0.05, 0) is 55.2 Å². The highest BCUT2D eigenvalue weighted by Crippen LogP contribution is 2.45. The second-order valence-corrected chi connectivity index (χ2v) is 5.96. The number of carboxylic acid groups (broad SMARTS) is 1. The normalized spacial score (nSPS) is 20.1.